The van der Waals surface area contributed by atoms with Gasteiger partial charge in [0.1, 0.15) is 0 Å². The van der Waals surface area contributed by atoms with Gasteiger partial charge in [0.2, 0.25) is 10.0 Å². The molecule has 0 unspecified atom stereocenters. The molecule has 0 saturated heterocycles. The molecule has 1 aliphatic carbocycles. The average molecular weight is 395 g/mol. The summed E-state index contributed by atoms with van der Waals surface area (Å²) in [7, 11) is -3.54. The maximum Gasteiger partial charge on any atom is 0.241 e. The zero-order valence-corrected chi connectivity index (χ0v) is 16.6. The third-order valence-electron chi connectivity index (χ3n) is 5.03. The first-order valence-corrected chi connectivity index (χ1v) is 10.7. The van der Waals surface area contributed by atoms with E-state index in [1.54, 1.807) is 36.5 Å². The fraction of sp³-hybridized carbons (Fsp3) is 0.238. The highest BCUT2D eigenvalue weighted by Crippen LogP contribution is 2.34. The Morgan fingerprint density at radius 2 is 1.79 bits per heavy atom. The number of aryl methyl sites for hydroxylation is 1. The van der Waals surface area contributed by atoms with Gasteiger partial charge < -0.3 is 0 Å². The monoisotopic (exact) mass is 394 g/mol. The van der Waals surface area contributed by atoms with Crippen LogP contribution in [0.3, 0.4) is 0 Å². The number of sulfonamides is 1. The molecule has 144 valence electrons. The minimum absolute atomic E-state index is 0.112. The molecule has 2 heterocycles. The minimum atomic E-state index is -3.54. The van der Waals surface area contributed by atoms with Gasteiger partial charge in [-0.25, -0.2) is 22.8 Å². The van der Waals surface area contributed by atoms with Gasteiger partial charge in [-0.05, 0) is 44.5 Å². The summed E-state index contributed by atoms with van der Waals surface area (Å²) in [5, 5.41) is 4.65. The molecule has 0 amide bonds. The molecule has 0 fully saturated rings. The molecule has 0 saturated carbocycles. The summed E-state index contributed by atoms with van der Waals surface area (Å²) in [5.41, 5.74) is 3.09. The van der Waals surface area contributed by atoms with Gasteiger partial charge in [-0.15, -0.1) is 0 Å². The van der Waals surface area contributed by atoms with E-state index in [1.807, 2.05) is 42.8 Å². The lowest BCUT2D eigenvalue weighted by molar-refractivity contribution is 0.563. The molecule has 0 bridgehead atoms. The van der Waals surface area contributed by atoms with E-state index in [0.717, 1.165) is 22.8 Å². The second-order valence-corrected chi connectivity index (χ2v) is 8.67. The van der Waals surface area contributed by atoms with Crippen molar-refractivity contribution in [3.63, 3.8) is 0 Å². The lowest BCUT2D eigenvalue weighted by Gasteiger charge is -2.15. The van der Waals surface area contributed by atoms with E-state index >= 15 is 0 Å². The highest BCUT2D eigenvalue weighted by Gasteiger charge is 2.29. The second kappa shape index (κ2) is 7.33. The summed E-state index contributed by atoms with van der Waals surface area (Å²) in [6.45, 7) is 4.01. The third kappa shape index (κ3) is 3.50. The Hall–Kier alpha value is -2.77. The van der Waals surface area contributed by atoms with Crippen molar-refractivity contribution in [3.05, 3.63) is 83.8 Å². The molecule has 4 rings (SSSR count). The van der Waals surface area contributed by atoms with Crippen LogP contribution in [-0.4, -0.2) is 29.2 Å². The zero-order chi connectivity index (χ0) is 19.7. The predicted molar refractivity (Wildman–Crippen MR) is 108 cm³/mol. The number of hydrogen-bond donors (Lipinski definition) is 1. The Morgan fingerprint density at radius 1 is 1.04 bits per heavy atom. The summed E-state index contributed by atoms with van der Waals surface area (Å²) >= 11 is 0. The molecule has 0 radical (unpaired) electrons. The fourth-order valence-electron chi connectivity index (χ4n) is 3.76. The Kier molecular flexibility index (Phi) is 4.87. The van der Waals surface area contributed by atoms with Gasteiger partial charge in [-0.3, -0.25) is 0 Å². The number of nitrogens with one attached hydrogen (secondary N) is 1. The van der Waals surface area contributed by atoms with Gasteiger partial charge >= 0.3 is 0 Å². The summed E-state index contributed by atoms with van der Waals surface area (Å²) < 4.78 is 29.8. The largest absolute Gasteiger partial charge is 0.241 e. The van der Waals surface area contributed by atoms with Crippen molar-refractivity contribution in [2.45, 2.75) is 37.1 Å². The van der Waals surface area contributed by atoms with E-state index in [4.69, 9.17) is 0 Å². The minimum Gasteiger partial charge on any atom is -0.237 e. The number of nitrogens with zero attached hydrogens (tertiary/aromatic N) is 3. The van der Waals surface area contributed by atoms with E-state index in [9.17, 15) is 8.42 Å². The van der Waals surface area contributed by atoms with Crippen LogP contribution in [0.25, 0.3) is 5.82 Å². The van der Waals surface area contributed by atoms with E-state index in [2.05, 4.69) is 20.9 Å². The van der Waals surface area contributed by atoms with E-state index in [0.29, 0.717) is 6.42 Å². The molecule has 0 spiro atoms. The van der Waals surface area contributed by atoms with Crippen LogP contribution in [0.5, 0.6) is 0 Å². The summed E-state index contributed by atoms with van der Waals surface area (Å²) in [6.07, 6.45) is 6.41. The normalized spacial score (nSPS) is 19.2. The van der Waals surface area contributed by atoms with E-state index in [-0.39, 0.29) is 16.9 Å². The predicted octanol–water partition coefficient (Wildman–Crippen LogP) is 3.27. The third-order valence-corrected chi connectivity index (χ3v) is 6.53. The zero-order valence-electron chi connectivity index (χ0n) is 15.8. The van der Waals surface area contributed by atoms with Crippen LogP contribution in [0, 0.1) is 13.8 Å². The van der Waals surface area contributed by atoms with Crippen LogP contribution >= 0.6 is 0 Å². The van der Waals surface area contributed by atoms with Gasteiger partial charge in [0.15, 0.2) is 5.82 Å². The molecule has 1 aliphatic rings. The van der Waals surface area contributed by atoms with Crippen molar-refractivity contribution in [2.24, 2.45) is 0 Å². The van der Waals surface area contributed by atoms with Crippen molar-refractivity contribution in [1.29, 1.82) is 0 Å². The lowest BCUT2D eigenvalue weighted by Crippen LogP contribution is -2.32. The van der Waals surface area contributed by atoms with Crippen LogP contribution in [0.1, 0.15) is 29.3 Å². The Bertz CT molecular complexity index is 1110. The van der Waals surface area contributed by atoms with Gasteiger partial charge in [-0.1, -0.05) is 36.4 Å². The first-order chi connectivity index (χ1) is 13.5. The van der Waals surface area contributed by atoms with Crippen molar-refractivity contribution in [2.75, 3.05) is 0 Å². The van der Waals surface area contributed by atoms with Crippen LogP contribution in [0.15, 0.2) is 71.8 Å². The first-order valence-electron chi connectivity index (χ1n) is 9.19. The van der Waals surface area contributed by atoms with Crippen LogP contribution < -0.4 is 4.72 Å². The number of rotatable bonds is 5. The first kappa shape index (κ1) is 18.6. The van der Waals surface area contributed by atoms with Gasteiger partial charge in [0.25, 0.3) is 0 Å². The number of benzene rings is 1. The Balaban J connectivity index is 1.54. The van der Waals surface area contributed by atoms with Crippen molar-refractivity contribution >= 4 is 10.0 Å². The second-order valence-electron chi connectivity index (χ2n) is 6.95. The lowest BCUT2D eigenvalue weighted by atomic mass is 9.96. The molecule has 1 N–H and O–H groups in total. The molecule has 6 nitrogen and oxygen atoms in total. The van der Waals surface area contributed by atoms with Gasteiger partial charge in [0, 0.05) is 29.4 Å². The quantitative estimate of drug-likeness (QED) is 0.674. The summed E-state index contributed by atoms with van der Waals surface area (Å²) in [4.78, 5) is 4.66. The average Bonchev–Trinajstić information content (AvgIpc) is 3.26. The molecular weight excluding hydrogens is 372 g/mol. The molecule has 0 aliphatic heterocycles. The Labute approximate surface area is 165 Å². The number of hydrogen-bond acceptors (Lipinski definition) is 4. The van der Waals surface area contributed by atoms with Gasteiger partial charge in [0.05, 0.1) is 10.6 Å². The SMILES string of the molecule is Cc1nn(-c2ccccn2)c(C)c1[C@@H]1C=C[C@@H](NS(=O)(=O)c2ccccc2)C1. The van der Waals surface area contributed by atoms with Crippen LogP contribution in [-0.2, 0) is 10.0 Å². The van der Waals surface area contributed by atoms with Crippen molar-refractivity contribution in [3.8, 4) is 5.82 Å². The fourth-order valence-corrected chi connectivity index (χ4v) is 4.99. The number of allylic oxidation sites excluding steroid dienone is 1. The van der Waals surface area contributed by atoms with Gasteiger partial charge in [-0.2, -0.15) is 5.10 Å². The molecular formula is C21H22N4O2S. The Morgan fingerprint density at radius 3 is 2.50 bits per heavy atom. The molecule has 1 aromatic carbocycles. The summed E-state index contributed by atoms with van der Waals surface area (Å²) in [5.74, 6) is 0.888. The molecule has 2 aromatic heterocycles. The maximum atomic E-state index is 12.6. The van der Waals surface area contributed by atoms with Crippen LogP contribution in [0.2, 0.25) is 0 Å². The topological polar surface area (TPSA) is 76.9 Å². The highest BCUT2D eigenvalue weighted by atomic mass is 32.2. The van der Waals surface area contributed by atoms with Crippen LogP contribution in [0.4, 0.5) is 0 Å². The highest BCUT2D eigenvalue weighted by molar-refractivity contribution is 7.89. The summed E-state index contributed by atoms with van der Waals surface area (Å²) in [6, 6.07) is 13.9. The van der Waals surface area contributed by atoms with Crippen molar-refractivity contribution in [1.82, 2.24) is 19.5 Å². The molecule has 2 atom stereocenters. The smallest absolute Gasteiger partial charge is 0.237 e. The standard InChI is InChI=1S/C21H22N4O2S/c1-15-21(16(2)25(23-15)20-10-6-7-13-22-20)17-11-12-18(14-17)24-28(26,27)19-8-4-3-5-9-19/h3-13,17-18,24H,14H2,1-2H3/t17-,18-/m1/s1. The maximum absolute atomic E-state index is 12.6. The number of pyridine rings is 1. The number of aromatic nitrogens is 3. The molecule has 28 heavy (non-hydrogen) atoms. The van der Waals surface area contributed by atoms with E-state index < -0.39 is 10.0 Å². The molecule has 3 aromatic rings. The van der Waals surface area contributed by atoms with E-state index in [1.165, 1.54) is 0 Å². The molecule has 7 heteroatoms. The van der Waals surface area contributed by atoms with Crippen molar-refractivity contribution < 1.29 is 8.42 Å².